The normalized spacial score (nSPS) is 31.0. The lowest BCUT2D eigenvalue weighted by Crippen LogP contribution is -2.64. The van der Waals surface area contributed by atoms with Crippen molar-refractivity contribution in [3.63, 3.8) is 0 Å². The van der Waals surface area contributed by atoms with Gasteiger partial charge in [-0.25, -0.2) is 4.79 Å². The summed E-state index contributed by atoms with van der Waals surface area (Å²) in [6, 6.07) is 6.61. The van der Waals surface area contributed by atoms with Crippen molar-refractivity contribution in [1.82, 2.24) is 31.9 Å². The summed E-state index contributed by atoms with van der Waals surface area (Å²) in [5, 5.41) is 112. The van der Waals surface area contributed by atoms with E-state index in [1.807, 2.05) is 13.8 Å². The Morgan fingerprint density at radius 2 is 1.34 bits per heavy atom. The number of aliphatic hydroxyl groups is 6. The van der Waals surface area contributed by atoms with Crippen molar-refractivity contribution in [2.75, 3.05) is 20.2 Å². The fourth-order valence-corrected chi connectivity index (χ4v) is 19.5. The molecule has 5 aromatic carbocycles. The molecule has 2 saturated heterocycles. The molecule has 18 atom stereocenters. The number of ether oxygens (including phenoxy) is 7. The number of likely N-dealkylation sites (N-methyl/N-ethyl adjacent to an activating group) is 1. The number of benzene rings is 5. The Morgan fingerprint density at radius 1 is 0.697 bits per heavy atom. The number of aromatic hydroxyl groups is 2. The number of hydrogen-bond donors (Lipinski definition) is 16. The van der Waals surface area contributed by atoms with E-state index in [0.29, 0.717) is 18.3 Å². The molecule has 4 aliphatic carbocycles. The van der Waals surface area contributed by atoms with Gasteiger partial charge in [0.05, 0.1) is 46.7 Å². The highest BCUT2D eigenvalue weighted by atomic mass is 35.5. The maximum absolute atomic E-state index is 16.6. The number of hydrogen-bond acceptors (Lipinski definition) is 26. The van der Waals surface area contributed by atoms with Crippen molar-refractivity contribution < 1.29 is 117 Å². The average Bonchev–Trinajstić information content (AvgIpc) is 0.756. The van der Waals surface area contributed by atoms with Crippen LogP contribution < -0.4 is 62.3 Å². The van der Waals surface area contributed by atoms with Gasteiger partial charge in [-0.3, -0.25) is 38.4 Å². The molecule has 15 bridgehead atoms. The number of primary amides is 1. The number of amides is 6. The first kappa shape index (κ1) is 90.6. The molecule has 32 nitrogen and oxygen atoms in total. The number of halogens is 2. The second-order valence-corrected chi connectivity index (χ2v) is 35.6. The van der Waals surface area contributed by atoms with Gasteiger partial charge in [-0.15, -0.1) is 0 Å². The Labute approximate surface area is 715 Å². The first-order valence-electron chi connectivity index (χ1n) is 42.1. The van der Waals surface area contributed by atoms with Gasteiger partial charge in [0.2, 0.25) is 41.6 Å². The number of ketones is 3. The van der Waals surface area contributed by atoms with Crippen LogP contribution in [0.25, 0.3) is 11.1 Å². The molecule has 7 heterocycles. The van der Waals surface area contributed by atoms with E-state index in [0.717, 1.165) is 88.5 Å². The number of unbranched alkanes of at least 4 members (excludes halogenated alkanes) is 5. The summed E-state index contributed by atoms with van der Waals surface area (Å²) in [4.78, 5) is 137. The van der Waals surface area contributed by atoms with E-state index in [9.17, 15) is 55.2 Å². The summed E-state index contributed by atoms with van der Waals surface area (Å²) >= 11 is 14.5. The predicted octanol–water partition coefficient (Wildman–Crippen LogP) is 7.77. The molecule has 16 rings (SSSR count). The Balaban J connectivity index is 1.00. The summed E-state index contributed by atoms with van der Waals surface area (Å²) in [6.45, 7) is 8.13. The molecule has 5 aromatic rings. The summed E-state index contributed by atoms with van der Waals surface area (Å²) in [6.07, 6.45) is -11.0. The molecular formula is C88H110Cl2N8O24. The van der Waals surface area contributed by atoms with Crippen molar-refractivity contribution in [1.29, 1.82) is 0 Å². The fraction of sp³-hybridized carbons (Fsp3) is 0.557. The highest BCUT2D eigenvalue weighted by Crippen LogP contribution is 2.59. The third kappa shape index (κ3) is 20.1. The Morgan fingerprint density at radius 3 is 1.95 bits per heavy atom. The number of phenols is 2. The number of phenolic OH excluding ortho intramolecular Hbond substituents is 2. The van der Waals surface area contributed by atoms with Gasteiger partial charge in [-0.05, 0) is 184 Å². The summed E-state index contributed by atoms with van der Waals surface area (Å²) in [7, 11) is 1.51. The maximum Gasteiger partial charge on any atom is 0.412 e. The van der Waals surface area contributed by atoms with Gasteiger partial charge in [-0.2, -0.15) is 0 Å². The zero-order valence-electron chi connectivity index (χ0n) is 68.7. The van der Waals surface area contributed by atoms with Gasteiger partial charge < -0.3 is 117 Å². The maximum atomic E-state index is 16.6. The van der Waals surface area contributed by atoms with Crippen LogP contribution in [0.1, 0.15) is 202 Å². The SMILES string of the molecule is CCCCCCCCNC(=O)Oc1cc(O)c2c(c1)[C@@H](C(=O)CC1C3CC4CC(C3)CC1C4)NC(=O)[C@@H]1NC(=O)[C@H](CC(=O)C3NC(=O)[C@H](CC(N)=O)CC(=O)[C@H](NC(=O)[C@@H](CC(C)C)NC)[C@H](O)c4ccc(c(Cl)c4)Oc4cc3cc(c4OC3OC(CO)C(O)C(O)C3OC3CC(C)(N)C(O)C(C)O3)Oc3ccc(cc3Cl)[C@H]1O)c1ccc(O)c-2c1. The number of fused-ring (bicyclic) bond motifs is 15. The van der Waals surface area contributed by atoms with Gasteiger partial charge in [0.25, 0.3) is 0 Å². The van der Waals surface area contributed by atoms with Crippen molar-refractivity contribution in [3.8, 4) is 57.1 Å². The van der Waals surface area contributed by atoms with Gasteiger partial charge >= 0.3 is 6.09 Å². The average molecular weight is 1730 g/mol. The standard InChI is InChI=1S/C88H110Cl2N8O24/c1-7-8-9-10-11-12-19-94-87(115)117-50-33-54-70(59(101)34-50)53-26-43(13-16-58(53)100)52-36-61(103)71-48-30-65(118-63-17-14-44(27-55(63)89)75(106)73(97-84(113)57(93-6)20-39(2)3)60(102)29-49(32-68(91)105)82(111)95-71)79(122-86-80(78(109)77(108)67(38-99)120-86)121-69-37-88(5,92)81(110)40(4)116-69)66(31-48)119-64-18-15-45(28-56(64)90)76(107)74(98-83(52)112)85(114)96-72(54)62(104)35-51-46-22-41-21-42(24-46)25-47(51)23-41/h13-18,26-28,30-31,33-34,39-42,46-47,49,51-52,57,67,69,71-78,80-81,86,93,99-101,106-110H,7-12,19-25,29,32,35-38,92H2,1-6H3,(H2,91,105)(H,94,115)(H,95,111)(H,96,114)(H,97,113)(H,98,112)/t40?,41?,42?,46?,47?,49-,51?,52+,57+,67?,69?,71?,72-,73-,74+,75+,76+,77?,78?,80?,81?,86?,88?/m0/s1. The molecule has 18 N–H and O–H groups in total. The molecule has 6 fully saturated rings. The van der Waals surface area contributed by atoms with Gasteiger partial charge in [0.1, 0.15) is 83.4 Å². The zero-order chi connectivity index (χ0) is 87.6. The van der Waals surface area contributed by atoms with Crippen LogP contribution in [0.3, 0.4) is 0 Å². The van der Waals surface area contributed by atoms with Crippen molar-refractivity contribution in [2.24, 2.45) is 52.9 Å². The van der Waals surface area contributed by atoms with Crippen LogP contribution in [-0.2, 0) is 52.6 Å². The lowest BCUT2D eigenvalue weighted by atomic mass is 9.51. The van der Waals surface area contributed by atoms with Crippen LogP contribution in [0.4, 0.5) is 4.79 Å². The van der Waals surface area contributed by atoms with Crippen molar-refractivity contribution in [2.45, 2.75) is 247 Å². The zero-order valence-corrected chi connectivity index (χ0v) is 70.3. The van der Waals surface area contributed by atoms with Gasteiger partial charge in [0, 0.05) is 61.4 Å². The minimum absolute atomic E-state index is 0.0783. The molecule has 660 valence electrons. The number of nitrogens with one attached hydrogen (secondary N) is 6. The molecular weight excluding hydrogens is 1620 g/mol. The second-order valence-electron chi connectivity index (χ2n) is 34.8. The van der Waals surface area contributed by atoms with Crippen molar-refractivity contribution >= 4 is 76.2 Å². The monoisotopic (exact) mass is 1730 g/mol. The third-order valence-corrected chi connectivity index (χ3v) is 25.9. The molecule has 0 spiro atoms. The summed E-state index contributed by atoms with van der Waals surface area (Å²) in [5.74, 6) is -14.9. The van der Waals surface area contributed by atoms with Crippen LogP contribution in [0, 0.1) is 41.4 Å². The van der Waals surface area contributed by atoms with E-state index < -0.39 is 217 Å². The van der Waals surface area contributed by atoms with E-state index in [-0.39, 0.29) is 116 Å². The van der Waals surface area contributed by atoms with E-state index in [1.165, 1.54) is 75.5 Å². The Kier molecular flexibility index (Phi) is 28.6. The predicted molar refractivity (Wildman–Crippen MR) is 440 cm³/mol. The van der Waals surface area contributed by atoms with Crippen LogP contribution in [0.2, 0.25) is 10.0 Å². The number of nitrogens with two attached hydrogens (primary N) is 2. The molecule has 34 heteroatoms. The Bertz CT molecular complexity index is 4730. The number of Topliss-reactive ketones (excluding diaryl/α,β-unsaturated/α-hetero) is 3. The van der Waals surface area contributed by atoms with Gasteiger partial charge in [0.15, 0.2) is 41.2 Å². The lowest BCUT2D eigenvalue weighted by molar-refractivity contribution is -0.333. The highest BCUT2D eigenvalue weighted by Gasteiger charge is 2.53. The molecule has 7 aliphatic heterocycles. The van der Waals surface area contributed by atoms with E-state index in [4.69, 9.17) is 67.8 Å². The van der Waals surface area contributed by atoms with Crippen molar-refractivity contribution in [3.05, 3.63) is 117 Å². The first-order chi connectivity index (χ1) is 58.1. The minimum Gasteiger partial charge on any atom is -0.507 e. The molecule has 11 aliphatic rings. The Hall–Kier alpha value is -9.13. The largest absolute Gasteiger partial charge is 0.507 e. The van der Waals surface area contributed by atoms with Crippen LogP contribution >= 0.6 is 23.2 Å². The topological polar surface area (TPSA) is 504 Å². The molecule has 6 amide bonds. The second kappa shape index (κ2) is 38.5. The summed E-state index contributed by atoms with van der Waals surface area (Å²) < 4.78 is 45.0. The van der Waals surface area contributed by atoms with E-state index in [1.54, 1.807) is 0 Å². The van der Waals surface area contributed by atoms with Crippen LogP contribution in [-0.4, -0.2) is 187 Å². The number of carbonyl (C=O) groups excluding carboxylic acids is 9. The highest BCUT2D eigenvalue weighted by molar-refractivity contribution is 6.32. The van der Waals surface area contributed by atoms with E-state index in [2.05, 4.69) is 38.8 Å². The number of aliphatic hydroxyl groups excluding tert-OH is 6. The third-order valence-electron chi connectivity index (χ3n) is 25.3. The smallest absolute Gasteiger partial charge is 0.412 e. The molecule has 0 radical (unpaired) electrons. The van der Waals surface area contributed by atoms with Gasteiger partial charge in [-0.1, -0.05) is 94.3 Å². The van der Waals surface area contributed by atoms with E-state index >= 15 is 28.8 Å². The van der Waals surface area contributed by atoms with Crippen LogP contribution in [0.15, 0.2) is 78.9 Å². The quantitative estimate of drug-likeness (QED) is 0.0278. The first-order valence-corrected chi connectivity index (χ1v) is 42.8. The molecule has 10 unspecified atom stereocenters. The molecule has 122 heavy (non-hydrogen) atoms. The number of rotatable bonds is 23. The fourth-order valence-electron chi connectivity index (χ4n) is 19.1. The van der Waals surface area contributed by atoms with Crippen LogP contribution in [0.5, 0.6) is 46.0 Å². The lowest BCUT2D eigenvalue weighted by Gasteiger charge is -2.54. The molecule has 0 aromatic heterocycles. The summed E-state index contributed by atoms with van der Waals surface area (Å²) in [5.41, 5.74) is 9.54. The minimum atomic E-state index is -2.19. The number of carbonyl (C=O) groups is 9. The molecule has 4 saturated carbocycles.